The van der Waals surface area contributed by atoms with Crippen molar-refractivity contribution in [2.75, 3.05) is 0 Å². The molecule has 0 amide bonds. The van der Waals surface area contributed by atoms with Gasteiger partial charge in [0.2, 0.25) is 0 Å². The lowest BCUT2D eigenvalue weighted by Crippen LogP contribution is -2.26. The largest absolute Gasteiger partial charge is 0.355 e. The molecular weight excluding hydrogens is 174 g/mol. The van der Waals surface area contributed by atoms with Crippen molar-refractivity contribution < 1.29 is 4.52 Å². The van der Waals surface area contributed by atoms with Gasteiger partial charge in [0.15, 0.2) is 6.20 Å². The molecule has 2 aromatic heterocycles. The first-order chi connectivity index (χ1) is 6.95. The van der Waals surface area contributed by atoms with Crippen LogP contribution in [-0.4, -0.2) is 10.1 Å². The number of rotatable bonds is 0. The number of fused-ring (bicyclic) bond motifs is 3. The fourth-order valence-electron chi connectivity index (χ4n) is 1.62. The lowest BCUT2D eigenvalue weighted by atomic mass is 10.2. The predicted molar refractivity (Wildman–Crippen MR) is 52.7 cm³/mol. The van der Waals surface area contributed by atoms with Gasteiger partial charge in [-0.3, -0.25) is 0 Å². The van der Waals surface area contributed by atoms with E-state index in [4.69, 9.17) is 0 Å². The summed E-state index contributed by atoms with van der Waals surface area (Å²) in [7, 11) is 0. The lowest BCUT2D eigenvalue weighted by Gasteiger charge is -1.94. The van der Waals surface area contributed by atoms with Crippen molar-refractivity contribution in [1.82, 2.24) is 10.1 Å². The Morgan fingerprint density at radius 1 is 1.00 bits per heavy atom. The van der Waals surface area contributed by atoms with Crippen LogP contribution in [0.5, 0.6) is 0 Å². The number of nitrogens with zero attached hydrogens (tertiary/aromatic N) is 3. The highest BCUT2D eigenvalue weighted by Crippen LogP contribution is 2.13. The summed E-state index contributed by atoms with van der Waals surface area (Å²) in [5.74, 6) is 0. The molecule has 66 valence electrons. The molecule has 0 bridgehead atoms. The Labute approximate surface area is 80.6 Å². The lowest BCUT2D eigenvalue weighted by molar-refractivity contribution is -0.582. The first-order valence-corrected chi connectivity index (χ1v) is 4.45. The highest BCUT2D eigenvalue weighted by atomic mass is 15.2. The van der Waals surface area contributed by atoms with Gasteiger partial charge in [0, 0.05) is 0 Å². The second-order valence-electron chi connectivity index (χ2n) is 3.11. The van der Waals surface area contributed by atoms with Crippen LogP contribution in [0.2, 0.25) is 0 Å². The molecular formula is C11H8N3+. The second-order valence-corrected chi connectivity index (χ2v) is 3.11. The van der Waals surface area contributed by atoms with Crippen molar-refractivity contribution in [2.45, 2.75) is 0 Å². The van der Waals surface area contributed by atoms with E-state index in [2.05, 4.69) is 22.2 Å². The molecule has 1 aromatic carbocycles. The first kappa shape index (κ1) is 7.38. The molecule has 0 aliphatic rings. The Morgan fingerprint density at radius 2 is 1.93 bits per heavy atom. The number of benzene rings is 1. The van der Waals surface area contributed by atoms with E-state index in [0.29, 0.717) is 0 Å². The van der Waals surface area contributed by atoms with Crippen LogP contribution in [0.1, 0.15) is 0 Å². The normalized spacial score (nSPS) is 10.9. The predicted octanol–water partition coefficient (Wildman–Crippen LogP) is 1.37. The van der Waals surface area contributed by atoms with E-state index in [1.54, 1.807) is 16.9 Å². The maximum Gasteiger partial charge on any atom is 0.355 e. The van der Waals surface area contributed by atoms with Crippen LogP contribution in [0.3, 0.4) is 0 Å². The third-order valence-electron chi connectivity index (χ3n) is 2.27. The standard InChI is InChI=1S/C11H8N3/c1-2-4-10-9(3-1)5-8-14-11(10)12-6-7-13-14/h1-8H/q+1. The van der Waals surface area contributed by atoms with Crippen LogP contribution in [0.4, 0.5) is 0 Å². The molecule has 3 heteroatoms. The van der Waals surface area contributed by atoms with Crippen molar-refractivity contribution in [3.05, 3.63) is 48.9 Å². The summed E-state index contributed by atoms with van der Waals surface area (Å²) in [6.45, 7) is 0. The summed E-state index contributed by atoms with van der Waals surface area (Å²) in [5.41, 5.74) is 0.894. The minimum atomic E-state index is 0.894. The molecule has 14 heavy (non-hydrogen) atoms. The summed E-state index contributed by atoms with van der Waals surface area (Å²) in [6, 6.07) is 10.2. The van der Waals surface area contributed by atoms with E-state index in [1.807, 2.05) is 24.4 Å². The van der Waals surface area contributed by atoms with E-state index >= 15 is 0 Å². The van der Waals surface area contributed by atoms with E-state index in [-0.39, 0.29) is 0 Å². The second kappa shape index (κ2) is 2.73. The molecule has 0 aliphatic heterocycles. The van der Waals surface area contributed by atoms with E-state index < -0.39 is 0 Å². The van der Waals surface area contributed by atoms with Gasteiger partial charge < -0.3 is 0 Å². The molecule has 0 atom stereocenters. The summed E-state index contributed by atoms with van der Waals surface area (Å²) in [4.78, 5) is 4.31. The smallest absolute Gasteiger partial charge is 0.101 e. The number of aromatic nitrogens is 3. The van der Waals surface area contributed by atoms with Gasteiger partial charge >= 0.3 is 5.65 Å². The van der Waals surface area contributed by atoms with Gasteiger partial charge in [-0.05, 0) is 22.5 Å². The summed E-state index contributed by atoms with van der Waals surface area (Å²) in [6.07, 6.45) is 5.31. The third kappa shape index (κ3) is 0.956. The minimum Gasteiger partial charge on any atom is -0.101 e. The molecule has 3 nitrogen and oxygen atoms in total. The highest BCUT2D eigenvalue weighted by molar-refractivity contribution is 5.91. The van der Waals surface area contributed by atoms with Crippen LogP contribution in [-0.2, 0) is 0 Å². The van der Waals surface area contributed by atoms with Crippen LogP contribution < -0.4 is 4.52 Å². The molecule has 0 fully saturated rings. The average molecular weight is 182 g/mol. The summed E-state index contributed by atoms with van der Waals surface area (Å²) < 4.78 is 1.78. The average Bonchev–Trinajstić information content (AvgIpc) is 2.29. The van der Waals surface area contributed by atoms with Crippen molar-refractivity contribution in [3.63, 3.8) is 0 Å². The van der Waals surface area contributed by atoms with Crippen LogP contribution >= 0.6 is 0 Å². The van der Waals surface area contributed by atoms with Crippen LogP contribution in [0, 0.1) is 0 Å². The van der Waals surface area contributed by atoms with Crippen molar-refractivity contribution >= 4 is 16.4 Å². The molecule has 0 unspecified atom stereocenters. The topological polar surface area (TPSA) is 29.9 Å². The van der Waals surface area contributed by atoms with E-state index in [9.17, 15) is 0 Å². The molecule has 2 heterocycles. The molecule has 0 radical (unpaired) electrons. The van der Waals surface area contributed by atoms with Gasteiger partial charge in [-0.1, -0.05) is 23.3 Å². The summed E-state index contributed by atoms with van der Waals surface area (Å²) in [5, 5.41) is 6.50. The number of hydrogen-bond donors (Lipinski definition) is 0. The zero-order chi connectivity index (χ0) is 9.38. The van der Waals surface area contributed by atoms with Gasteiger partial charge in [0.05, 0.1) is 5.39 Å². The van der Waals surface area contributed by atoms with Gasteiger partial charge in [0.25, 0.3) is 0 Å². The maximum absolute atomic E-state index is 4.31. The van der Waals surface area contributed by atoms with Crippen molar-refractivity contribution in [2.24, 2.45) is 0 Å². The molecule has 3 rings (SSSR count). The van der Waals surface area contributed by atoms with E-state index in [0.717, 1.165) is 11.0 Å². The Bertz CT molecular complexity index is 550. The third-order valence-corrected chi connectivity index (χ3v) is 2.27. The van der Waals surface area contributed by atoms with E-state index in [1.165, 1.54) is 5.39 Å². The van der Waals surface area contributed by atoms with Crippen LogP contribution in [0.25, 0.3) is 16.4 Å². The highest BCUT2D eigenvalue weighted by Gasteiger charge is 2.07. The Balaban J connectivity index is 2.61. The molecule has 0 saturated carbocycles. The fourth-order valence-corrected chi connectivity index (χ4v) is 1.62. The fraction of sp³-hybridized carbons (Fsp3) is 0. The van der Waals surface area contributed by atoms with Gasteiger partial charge in [-0.15, -0.1) is 4.52 Å². The van der Waals surface area contributed by atoms with Crippen LogP contribution in [0.15, 0.2) is 48.9 Å². The van der Waals surface area contributed by atoms with Crippen molar-refractivity contribution in [1.29, 1.82) is 0 Å². The summed E-state index contributed by atoms with van der Waals surface area (Å²) >= 11 is 0. The van der Waals surface area contributed by atoms with Gasteiger partial charge in [-0.2, -0.15) is 0 Å². The quantitative estimate of drug-likeness (QED) is 0.388. The Kier molecular flexibility index (Phi) is 1.44. The maximum atomic E-state index is 4.31. The monoisotopic (exact) mass is 182 g/mol. The number of hydrogen-bond acceptors (Lipinski definition) is 2. The Morgan fingerprint density at radius 3 is 2.93 bits per heavy atom. The zero-order valence-corrected chi connectivity index (χ0v) is 7.46. The number of pyridine rings is 1. The molecule has 0 aliphatic carbocycles. The van der Waals surface area contributed by atoms with Gasteiger partial charge in [0.1, 0.15) is 12.4 Å². The SMILES string of the molecule is c1ccc2c(c1)cc[n+]1nccnc21. The molecule has 0 spiro atoms. The Hall–Kier alpha value is -2.03. The first-order valence-electron chi connectivity index (χ1n) is 4.45. The molecule has 0 N–H and O–H groups in total. The molecule has 3 aromatic rings. The van der Waals surface area contributed by atoms with Crippen molar-refractivity contribution in [3.8, 4) is 0 Å². The molecule has 0 saturated heterocycles. The minimum absolute atomic E-state index is 0.894. The van der Waals surface area contributed by atoms with Gasteiger partial charge in [-0.25, -0.2) is 0 Å². The zero-order valence-electron chi connectivity index (χ0n) is 7.46.